The van der Waals surface area contributed by atoms with Gasteiger partial charge in [-0.2, -0.15) is 0 Å². The first-order valence-electron chi connectivity index (χ1n) is 17.4. The quantitative estimate of drug-likeness (QED) is 0.369. The summed E-state index contributed by atoms with van der Waals surface area (Å²) in [6, 6.07) is 6.74. The lowest BCUT2D eigenvalue weighted by Gasteiger charge is -2.57. The fourth-order valence-electron chi connectivity index (χ4n) is 10.8. The van der Waals surface area contributed by atoms with E-state index in [2.05, 4.69) is 58.3 Å². The minimum absolute atomic E-state index is 0.0517. The van der Waals surface area contributed by atoms with Crippen molar-refractivity contribution in [2.24, 2.45) is 11.3 Å². The SMILES string of the molecule is CN1CCc2c([nH]c3c(O)cccc23)C1C1=C[C@@]2(O)CC/C=C\CCCCN3CC[C@@H]1[C@]1(C[C@@H]4/C=C\CCCC[NH+]4[C@H]12)C3. The summed E-state index contributed by atoms with van der Waals surface area (Å²) in [5.41, 5.74) is 4.11. The number of allylic oxidation sites excluding steroid dienone is 3. The largest absolute Gasteiger partial charge is 0.506 e. The van der Waals surface area contributed by atoms with Crippen LogP contribution in [0.1, 0.15) is 81.5 Å². The van der Waals surface area contributed by atoms with Crippen LogP contribution in [-0.4, -0.2) is 82.5 Å². The van der Waals surface area contributed by atoms with Gasteiger partial charge >= 0.3 is 0 Å². The Morgan fingerprint density at radius 3 is 2.79 bits per heavy atom. The number of benzene rings is 1. The second-order valence-electron chi connectivity index (χ2n) is 14.8. The molecule has 6 aliphatic rings. The van der Waals surface area contributed by atoms with Gasteiger partial charge in [0, 0.05) is 30.6 Å². The summed E-state index contributed by atoms with van der Waals surface area (Å²) < 4.78 is 0. The summed E-state index contributed by atoms with van der Waals surface area (Å²) in [7, 11) is 2.28. The molecule has 2 fully saturated rings. The second-order valence-corrected chi connectivity index (χ2v) is 14.8. The molecule has 1 aromatic carbocycles. The van der Waals surface area contributed by atoms with E-state index in [1.165, 1.54) is 74.9 Å². The van der Waals surface area contributed by atoms with Gasteiger partial charge in [0.25, 0.3) is 0 Å². The van der Waals surface area contributed by atoms with Crippen LogP contribution in [0.4, 0.5) is 0 Å². The van der Waals surface area contributed by atoms with Gasteiger partial charge in [-0.3, -0.25) is 4.90 Å². The summed E-state index contributed by atoms with van der Waals surface area (Å²) in [6.07, 6.45) is 24.6. The predicted molar refractivity (Wildman–Crippen MR) is 172 cm³/mol. The lowest BCUT2D eigenvalue weighted by molar-refractivity contribution is -0.940. The zero-order valence-corrected chi connectivity index (χ0v) is 26.0. The fraction of sp³-hybridized carbons (Fsp3) is 0.622. The molecular weight excluding hydrogens is 532 g/mol. The van der Waals surface area contributed by atoms with Crippen LogP contribution in [0.5, 0.6) is 5.75 Å². The molecule has 43 heavy (non-hydrogen) atoms. The Morgan fingerprint density at radius 2 is 1.86 bits per heavy atom. The van der Waals surface area contributed by atoms with Crippen LogP contribution in [0.15, 0.2) is 54.2 Å². The number of aromatic nitrogens is 1. The number of phenols is 1. The highest BCUT2D eigenvalue weighted by atomic mass is 16.3. The van der Waals surface area contributed by atoms with Crippen LogP contribution in [0.2, 0.25) is 0 Å². The molecule has 3 bridgehead atoms. The number of quaternary nitrogens is 1. The molecule has 1 aliphatic carbocycles. The van der Waals surface area contributed by atoms with Crippen LogP contribution >= 0.6 is 0 Å². The van der Waals surface area contributed by atoms with E-state index in [4.69, 9.17) is 0 Å². The maximum atomic E-state index is 13.2. The summed E-state index contributed by atoms with van der Waals surface area (Å²) in [5, 5.41) is 25.2. The number of aliphatic hydroxyl groups is 1. The Balaban J connectivity index is 1.32. The van der Waals surface area contributed by atoms with E-state index in [9.17, 15) is 10.2 Å². The number of hydrogen-bond donors (Lipinski definition) is 4. The Hall–Kier alpha value is -2.38. The molecule has 6 nitrogen and oxygen atoms in total. The molecule has 4 N–H and O–H groups in total. The van der Waals surface area contributed by atoms with E-state index in [1.807, 2.05) is 6.07 Å². The van der Waals surface area contributed by atoms with Gasteiger partial charge in [0.1, 0.15) is 23.4 Å². The van der Waals surface area contributed by atoms with Gasteiger partial charge in [0.2, 0.25) is 0 Å². The molecule has 0 radical (unpaired) electrons. The van der Waals surface area contributed by atoms with Gasteiger partial charge in [-0.25, -0.2) is 0 Å². The molecule has 6 heterocycles. The Kier molecular flexibility index (Phi) is 7.13. The van der Waals surface area contributed by atoms with Gasteiger partial charge < -0.3 is 25.0 Å². The van der Waals surface area contributed by atoms with E-state index in [1.54, 1.807) is 11.0 Å². The van der Waals surface area contributed by atoms with Gasteiger partial charge in [-0.15, -0.1) is 0 Å². The molecule has 8 atom stereocenters. The number of phenolic OH excluding ortho intramolecular Hbond substituents is 1. The van der Waals surface area contributed by atoms with Crippen LogP contribution in [0, 0.1) is 11.3 Å². The summed E-state index contributed by atoms with van der Waals surface area (Å²) in [4.78, 5) is 10.7. The van der Waals surface area contributed by atoms with E-state index < -0.39 is 5.60 Å². The number of piperidine rings is 1. The Morgan fingerprint density at radius 1 is 1.00 bits per heavy atom. The van der Waals surface area contributed by atoms with Crippen molar-refractivity contribution in [2.45, 2.75) is 94.4 Å². The van der Waals surface area contributed by atoms with E-state index in [-0.39, 0.29) is 17.5 Å². The number of nitrogens with one attached hydrogen (secondary N) is 2. The lowest BCUT2D eigenvalue weighted by atomic mass is 9.54. The highest BCUT2D eigenvalue weighted by molar-refractivity contribution is 5.90. The second kappa shape index (κ2) is 10.9. The van der Waals surface area contributed by atoms with Crippen molar-refractivity contribution >= 4 is 10.9 Å². The molecule has 5 aliphatic heterocycles. The highest BCUT2D eigenvalue weighted by Crippen LogP contribution is 2.58. The molecule has 0 amide bonds. The fourth-order valence-corrected chi connectivity index (χ4v) is 10.8. The number of H-pyrrole nitrogens is 1. The molecule has 2 saturated heterocycles. The zero-order chi connectivity index (χ0) is 29.2. The first kappa shape index (κ1) is 28.1. The van der Waals surface area contributed by atoms with Crippen molar-refractivity contribution in [3.8, 4) is 5.75 Å². The van der Waals surface area contributed by atoms with E-state index in [0.29, 0.717) is 17.7 Å². The third kappa shape index (κ3) is 4.50. The number of aromatic amines is 1. The monoisotopic (exact) mass is 583 g/mol. The summed E-state index contributed by atoms with van der Waals surface area (Å²) in [5.74, 6) is 0.780. The number of likely N-dealkylation sites (N-methyl/N-ethyl adjacent to an activating group) is 1. The first-order chi connectivity index (χ1) is 21.0. The van der Waals surface area contributed by atoms with Crippen LogP contribution in [0.3, 0.4) is 0 Å². The van der Waals surface area contributed by atoms with Crippen LogP contribution < -0.4 is 4.90 Å². The molecule has 1 aromatic heterocycles. The Labute approximate surface area is 257 Å². The molecule has 230 valence electrons. The topological polar surface area (TPSA) is 67.2 Å². The van der Waals surface area contributed by atoms with Gasteiger partial charge in [-0.1, -0.05) is 30.4 Å². The van der Waals surface area contributed by atoms with Crippen LogP contribution in [0.25, 0.3) is 10.9 Å². The molecule has 0 saturated carbocycles. The van der Waals surface area contributed by atoms with Crippen molar-refractivity contribution < 1.29 is 15.1 Å². The molecule has 3 unspecified atom stereocenters. The van der Waals surface area contributed by atoms with Crippen molar-refractivity contribution in [1.82, 2.24) is 14.8 Å². The average molecular weight is 584 g/mol. The third-order valence-corrected chi connectivity index (χ3v) is 12.4. The molecule has 6 heteroatoms. The maximum Gasteiger partial charge on any atom is 0.139 e. The summed E-state index contributed by atoms with van der Waals surface area (Å²) >= 11 is 0. The smallest absolute Gasteiger partial charge is 0.139 e. The number of aromatic hydroxyl groups is 1. The first-order valence-corrected chi connectivity index (χ1v) is 17.4. The number of nitrogens with zero attached hydrogens (tertiary/aromatic N) is 2. The maximum absolute atomic E-state index is 13.2. The lowest BCUT2D eigenvalue weighted by Crippen LogP contribution is -3.20. The molecule has 1 spiro atoms. The van der Waals surface area contributed by atoms with Crippen LogP contribution in [-0.2, 0) is 6.42 Å². The minimum Gasteiger partial charge on any atom is -0.506 e. The standard InChI is InChI=1S/C37H50N4O2/c1-39-21-16-28-27-14-12-15-31(42)32(27)38-33(28)34(39)29-24-37(43)18-9-5-2-3-6-10-19-40-22-17-30(29)36(25-40)23-26-13-8-4-7-11-20-41(26)35(36)37/h2,5,8,12-15,24,26,30,34-35,38,42-43H,3-4,6-7,9-11,16-23,25H2,1H3/p+1/b5-2-,13-8-/t26-,30-,34?,35+,36-,37-/m0/s1. The zero-order valence-electron chi connectivity index (χ0n) is 26.0. The summed E-state index contributed by atoms with van der Waals surface area (Å²) in [6.45, 7) is 5.59. The van der Waals surface area contributed by atoms with E-state index >= 15 is 0 Å². The minimum atomic E-state index is -0.850. The Bertz CT molecular complexity index is 1460. The number of rotatable bonds is 1. The number of para-hydroxylation sites is 1. The van der Waals surface area contributed by atoms with Gasteiger partial charge in [0.05, 0.1) is 23.5 Å². The molecular formula is C37H51N4O2+. The van der Waals surface area contributed by atoms with Crippen molar-refractivity contribution in [3.63, 3.8) is 0 Å². The predicted octanol–water partition coefficient (Wildman–Crippen LogP) is 4.67. The number of hydrogen-bond acceptors (Lipinski definition) is 4. The van der Waals surface area contributed by atoms with Crippen molar-refractivity contribution in [1.29, 1.82) is 0 Å². The normalized spacial score (nSPS) is 41.4. The van der Waals surface area contributed by atoms with E-state index in [0.717, 1.165) is 56.2 Å². The molecule has 2 aromatic rings. The van der Waals surface area contributed by atoms with Gasteiger partial charge in [0.15, 0.2) is 0 Å². The molecule has 8 rings (SSSR count). The van der Waals surface area contributed by atoms with Gasteiger partial charge in [-0.05, 0) is 120 Å². The van der Waals surface area contributed by atoms with Crippen molar-refractivity contribution in [3.05, 3.63) is 65.4 Å². The van der Waals surface area contributed by atoms with Crippen molar-refractivity contribution in [2.75, 3.05) is 39.8 Å². The third-order valence-electron chi connectivity index (χ3n) is 12.4. The number of fused-ring (bicyclic) bond motifs is 5. The average Bonchev–Trinajstić information content (AvgIpc) is 3.50. The highest BCUT2D eigenvalue weighted by Gasteiger charge is 2.69.